The van der Waals surface area contributed by atoms with Crippen LogP contribution in [0, 0.1) is 5.92 Å². The van der Waals surface area contributed by atoms with Crippen molar-refractivity contribution in [2.24, 2.45) is 5.92 Å². The molecule has 7 nitrogen and oxygen atoms in total. The lowest BCUT2D eigenvalue weighted by molar-refractivity contribution is -0.126. The SMILES string of the molecule is CCOc1ccccc1CNC(=O)[C@H]1COc2ccc(NC(=O)Nc3ccccc3)cc2C1. The first kappa shape index (κ1) is 22.2. The first-order valence-electron chi connectivity index (χ1n) is 11.0. The second kappa shape index (κ2) is 10.5. The van der Waals surface area contributed by atoms with Crippen molar-refractivity contribution in [1.82, 2.24) is 5.32 Å². The van der Waals surface area contributed by atoms with Crippen molar-refractivity contribution in [3.8, 4) is 11.5 Å². The number of rotatable bonds is 7. The third-order valence-corrected chi connectivity index (χ3v) is 5.35. The van der Waals surface area contributed by atoms with Gasteiger partial charge in [-0.2, -0.15) is 0 Å². The molecule has 3 aromatic carbocycles. The van der Waals surface area contributed by atoms with E-state index in [0.29, 0.717) is 37.6 Å². The second-order valence-electron chi connectivity index (χ2n) is 7.74. The summed E-state index contributed by atoms with van der Waals surface area (Å²) in [6.45, 7) is 3.20. The van der Waals surface area contributed by atoms with Gasteiger partial charge in [-0.15, -0.1) is 0 Å². The number of fused-ring (bicyclic) bond motifs is 1. The van der Waals surface area contributed by atoms with Gasteiger partial charge in [0, 0.05) is 23.5 Å². The molecule has 3 N–H and O–H groups in total. The average molecular weight is 446 g/mol. The number of ether oxygens (including phenoxy) is 2. The van der Waals surface area contributed by atoms with Gasteiger partial charge in [-0.3, -0.25) is 4.79 Å². The van der Waals surface area contributed by atoms with Gasteiger partial charge in [0.25, 0.3) is 0 Å². The monoisotopic (exact) mass is 445 g/mol. The predicted molar refractivity (Wildman–Crippen MR) is 128 cm³/mol. The van der Waals surface area contributed by atoms with Gasteiger partial charge in [0.15, 0.2) is 0 Å². The molecule has 3 aromatic rings. The lowest BCUT2D eigenvalue weighted by atomic mass is 9.95. The van der Waals surface area contributed by atoms with Crippen LogP contribution in [-0.2, 0) is 17.8 Å². The second-order valence-corrected chi connectivity index (χ2v) is 7.74. The van der Waals surface area contributed by atoms with Crippen LogP contribution in [0.2, 0.25) is 0 Å². The van der Waals surface area contributed by atoms with E-state index in [1.165, 1.54) is 0 Å². The number of urea groups is 1. The van der Waals surface area contributed by atoms with Gasteiger partial charge in [0.1, 0.15) is 18.1 Å². The van der Waals surface area contributed by atoms with E-state index in [1.54, 1.807) is 6.07 Å². The number of carbonyl (C=O) groups is 2. The van der Waals surface area contributed by atoms with Gasteiger partial charge in [-0.1, -0.05) is 36.4 Å². The van der Waals surface area contributed by atoms with Crippen LogP contribution in [-0.4, -0.2) is 25.2 Å². The fourth-order valence-electron chi connectivity index (χ4n) is 3.73. The third-order valence-electron chi connectivity index (χ3n) is 5.35. The zero-order chi connectivity index (χ0) is 23.0. The molecule has 0 fully saturated rings. The highest BCUT2D eigenvalue weighted by atomic mass is 16.5. The molecule has 3 amide bonds. The molecular formula is C26H27N3O4. The summed E-state index contributed by atoms with van der Waals surface area (Å²) in [5.41, 5.74) is 3.16. The van der Waals surface area contributed by atoms with E-state index in [9.17, 15) is 9.59 Å². The van der Waals surface area contributed by atoms with Crippen molar-refractivity contribution in [1.29, 1.82) is 0 Å². The van der Waals surface area contributed by atoms with Crippen molar-refractivity contribution in [2.45, 2.75) is 19.9 Å². The van der Waals surface area contributed by atoms with Gasteiger partial charge in [-0.25, -0.2) is 4.79 Å². The summed E-state index contributed by atoms with van der Waals surface area (Å²) in [7, 11) is 0. The topological polar surface area (TPSA) is 88.7 Å². The molecule has 1 aliphatic rings. The molecule has 0 radical (unpaired) electrons. The fourth-order valence-corrected chi connectivity index (χ4v) is 3.73. The maximum atomic E-state index is 12.8. The summed E-state index contributed by atoms with van der Waals surface area (Å²) in [4.78, 5) is 25.1. The number of anilines is 2. The predicted octanol–water partition coefficient (Wildman–Crippen LogP) is 4.60. The smallest absolute Gasteiger partial charge is 0.323 e. The van der Waals surface area contributed by atoms with Gasteiger partial charge in [0.05, 0.1) is 12.5 Å². The Bertz CT molecular complexity index is 1120. The molecule has 0 saturated carbocycles. The molecule has 7 heteroatoms. The Morgan fingerprint density at radius 3 is 2.55 bits per heavy atom. The number of nitrogens with one attached hydrogen (secondary N) is 3. The van der Waals surface area contributed by atoms with Crippen LogP contribution in [0.25, 0.3) is 0 Å². The molecule has 1 aliphatic heterocycles. The van der Waals surface area contributed by atoms with E-state index in [2.05, 4.69) is 16.0 Å². The molecule has 0 saturated heterocycles. The Morgan fingerprint density at radius 2 is 1.73 bits per heavy atom. The van der Waals surface area contributed by atoms with Crippen molar-refractivity contribution >= 4 is 23.3 Å². The van der Waals surface area contributed by atoms with Crippen molar-refractivity contribution in [2.75, 3.05) is 23.8 Å². The first-order valence-corrected chi connectivity index (χ1v) is 11.0. The molecule has 1 heterocycles. The van der Waals surface area contributed by atoms with Crippen LogP contribution in [0.4, 0.5) is 16.2 Å². The Hall–Kier alpha value is -4.00. The molecule has 33 heavy (non-hydrogen) atoms. The normalized spacial score (nSPS) is 14.4. The van der Waals surface area contributed by atoms with Gasteiger partial charge in [0.2, 0.25) is 5.91 Å². The molecule has 0 aliphatic carbocycles. The van der Waals surface area contributed by atoms with Gasteiger partial charge >= 0.3 is 6.03 Å². The number of amides is 3. The van der Waals surface area contributed by atoms with Crippen molar-refractivity contribution in [3.05, 3.63) is 83.9 Å². The van der Waals surface area contributed by atoms with Crippen LogP contribution in [0.1, 0.15) is 18.1 Å². The van der Waals surface area contributed by atoms with E-state index < -0.39 is 0 Å². The highest BCUT2D eigenvalue weighted by Gasteiger charge is 2.26. The van der Waals surface area contributed by atoms with Crippen LogP contribution < -0.4 is 25.4 Å². The highest BCUT2D eigenvalue weighted by Crippen LogP contribution is 2.30. The van der Waals surface area contributed by atoms with Crippen LogP contribution in [0.3, 0.4) is 0 Å². The van der Waals surface area contributed by atoms with Crippen molar-refractivity contribution < 1.29 is 19.1 Å². The lowest BCUT2D eigenvalue weighted by Crippen LogP contribution is -2.37. The number of benzene rings is 3. The highest BCUT2D eigenvalue weighted by molar-refractivity contribution is 5.99. The van der Waals surface area contributed by atoms with E-state index in [4.69, 9.17) is 9.47 Å². The quantitative estimate of drug-likeness (QED) is 0.496. The summed E-state index contributed by atoms with van der Waals surface area (Å²) in [6.07, 6.45) is 0.532. The Balaban J connectivity index is 1.35. The minimum Gasteiger partial charge on any atom is -0.494 e. The number of para-hydroxylation sites is 2. The summed E-state index contributed by atoms with van der Waals surface area (Å²) in [5, 5.41) is 8.61. The van der Waals surface area contributed by atoms with E-state index >= 15 is 0 Å². The van der Waals surface area contributed by atoms with Crippen LogP contribution in [0.5, 0.6) is 11.5 Å². The molecule has 0 aromatic heterocycles. The lowest BCUT2D eigenvalue weighted by Gasteiger charge is -2.25. The summed E-state index contributed by atoms with van der Waals surface area (Å²) in [5.74, 6) is 1.11. The molecule has 0 spiro atoms. The molecule has 0 unspecified atom stereocenters. The zero-order valence-corrected chi connectivity index (χ0v) is 18.5. The Kier molecular flexibility index (Phi) is 7.09. The first-order chi connectivity index (χ1) is 16.1. The average Bonchev–Trinajstić information content (AvgIpc) is 2.83. The molecular weight excluding hydrogens is 418 g/mol. The van der Waals surface area contributed by atoms with Gasteiger partial charge < -0.3 is 25.4 Å². The number of carbonyl (C=O) groups excluding carboxylic acids is 2. The largest absolute Gasteiger partial charge is 0.494 e. The van der Waals surface area contributed by atoms with Crippen LogP contribution >= 0.6 is 0 Å². The van der Waals surface area contributed by atoms with Crippen molar-refractivity contribution in [3.63, 3.8) is 0 Å². The van der Waals surface area contributed by atoms with Gasteiger partial charge in [-0.05, 0) is 55.3 Å². The maximum Gasteiger partial charge on any atom is 0.323 e. The minimum absolute atomic E-state index is 0.0767. The molecule has 170 valence electrons. The zero-order valence-electron chi connectivity index (χ0n) is 18.5. The fraction of sp³-hybridized carbons (Fsp3) is 0.231. The summed E-state index contributed by atoms with van der Waals surface area (Å²) in [6, 6.07) is 22.0. The summed E-state index contributed by atoms with van der Waals surface area (Å²) < 4.78 is 11.4. The van der Waals surface area contributed by atoms with E-state index in [-0.39, 0.29) is 17.9 Å². The van der Waals surface area contributed by atoms with E-state index in [1.807, 2.05) is 73.7 Å². The Morgan fingerprint density at radius 1 is 0.970 bits per heavy atom. The number of hydrogen-bond acceptors (Lipinski definition) is 4. The third kappa shape index (κ3) is 5.83. The molecule has 4 rings (SSSR count). The van der Waals surface area contributed by atoms with Crippen LogP contribution in [0.15, 0.2) is 72.8 Å². The Labute approximate surface area is 193 Å². The standard InChI is InChI=1S/C26H27N3O4/c1-2-32-23-11-7-6-8-18(23)16-27-25(30)20-14-19-15-22(12-13-24(19)33-17-20)29-26(31)28-21-9-4-3-5-10-21/h3-13,15,20H,2,14,16-17H2,1H3,(H,27,30)(H2,28,29,31)/t20-/m1/s1. The maximum absolute atomic E-state index is 12.8. The summed E-state index contributed by atoms with van der Waals surface area (Å²) >= 11 is 0. The number of hydrogen-bond donors (Lipinski definition) is 3. The molecule has 0 bridgehead atoms. The minimum atomic E-state index is -0.333. The van der Waals surface area contributed by atoms with E-state index in [0.717, 1.165) is 22.6 Å². The molecule has 1 atom stereocenters.